The molecule has 0 unspecified atom stereocenters. The topological polar surface area (TPSA) is 29.9 Å². The first-order valence-corrected chi connectivity index (χ1v) is 7.57. The van der Waals surface area contributed by atoms with Gasteiger partial charge in [-0.3, -0.25) is 4.68 Å². The molecule has 1 N–H and O–H groups in total. The molecule has 1 aromatic heterocycles. The van der Waals surface area contributed by atoms with Gasteiger partial charge in [-0.1, -0.05) is 23.7 Å². The van der Waals surface area contributed by atoms with Crippen molar-refractivity contribution in [2.24, 2.45) is 7.05 Å². The van der Waals surface area contributed by atoms with Crippen LogP contribution in [0.25, 0.3) is 0 Å². The van der Waals surface area contributed by atoms with Crippen LogP contribution in [0.1, 0.15) is 35.4 Å². The van der Waals surface area contributed by atoms with E-state index in [-0.39, 0.29) is 0 Å². The van der Waals surface area contributed by atoms with E-state index in [9.17, 15) is 0 Å². The zero-order chi connectivity index (χ0) is 14.1. The number of benzene rings is 1. The van der Waals surface area contributed by atoms with Crippen molar-refractivity contribution in [1.82, 2.24) is 9.78 Å². The summed E-state index contributed by atoms with van der Waals surface area (Å²) in [6.45, 7) is 2.66. The normalized spacial score (nSPS) is 14.2. The van der Waals surface area contributed by atoms with Crippen LogP contribution >= 0.6 is 11.6 Å². The minimum Gasteiger partial charge on any atom is -0.379 e. The second-order valence-corrected chi connectivity index (χ2v) is 5.85. The van der Waals surface area contributed by atoms with Crippen molar-refractivity contribution in [3.63, 3.8) is 0 Å². The molecular weight excluding hydrogens is 270 g/mol. The molecule has 3 rings (SSSR count). The Hall–Kier alpha value is -1.48. The van der Waals surface area contributed by atoms with Gasteiger partial charge in [0.25, 0.3) is 0 Å². The van der Waals surface area contributed by atoms with Crippen LogP contribution in [0, 0.1) is 6.92 Å². The van der Waals surface area contributed by atoms with E-state index >= 15 is 0 Å². The molecule has 1 aliphatic rings. The van der Waals surface area contributed by atoms with Crippen LogP contribution in [-0.2, 0) is 26.4 Å². The third kappa shape index (κ3) is 2.42. The fourth-order valence-electron chi connectivity index (χ4n) is 3.00. The highest BCUT2D eigenvalue weighted by Crippen LogP contribution is 2.29. The lowest BCUT2D eigenvalue weighted by Crippen LogP contribution is -2.10. The van der Waals surface area contributed by atoms with Crippen molar-refractivity contribution >= 4 is 17.3 Å². The van der Waals surface area contributed by atoms with Crippen molar-refractivity contribution in [1.29, 1.82) is 0 Å². The number of hydrogen-bond acceptors (Lipinski definition) is 2. The van der Waals surface area contributed by atoms with E-state index in [1.165, 1.54) is 42.5 Å². The van der Waals surface area contributed by atoms with Gasteiger partial charge in [0, 0.05) is 12.7 Å². The molecule has 20 heavy (non-hydrogen) atoms. The highest BCUT2D eigenvalue weighted by atomic mass is 35.5. The molecule has 106 valence electrons. The molecule has 3 nitrogen and oxygen atoms in total. The predicted octanol–water partition coefficient (Wildman–Crippen LogP) is 3.87. The van der Waals surface area contributed by atoms with Gasteiger partial charge in [-0.2, -0.15) is 5.10 Å². The number of rotatable bonds is 3. The molecule has 0 amide bonds. The quantitative estimate of drug-likeness (QED) is 0.929. The minimum atomic E-state index is 0.715. The SMILES string of the molecule is Cc1nn(C)c(CNc2cccc3c2CCCC3)c1Cl. The maximum Gasteiger partial charge on any atom is 0.0865 e. The van der Waals surface area contributed by atoms with E-state index in [1.54, 1.807) is 0 Å². The summed E-state index contributed by atoms with van der Waals surface area (Å²) in [5, 5.41) is 8.66. The van der Waals surface area contributed by atoms with Crippen LogP contribution in [0.3, 0.4) is 0 Å². The maximum absolute atomic E-state index is 6.30. The van der Waals surface area contributed by atoms with Gasteiger partial charge in [-0.15, -0.1) is 0 Å². The van der Waals surface area contributed by atoms with Crippen molar-refractivity contribution < 1.29 is 0 Å². The van der Waals surface area contributed by atoms with Gasteiger partial charge < -0.3 is 5.32 Å². The van der Waals surface area contributed by atoms with Crippen molar-refractivity contribution in [2.45, 2.75) is 39.2 Å². The lowest BCUT2D eigenvalue weighted by Gasteiger charge is -2.20. The number of nitrogens with one attached hydrogen (secondary N) is 1. The largest absolute Gasteiger partial charge is 0.379 e. The van der Waals surface area contributed by atoms with E-state index in [2.05, 4.69) is 28.6 Å². The fourth-order valence-corrected chi connectivity index (χ4v) is 3.22. The maximum atomic E-state index is 6.30. The number of nitrogens with zero attached hydrogens (tertiary/aromatic N) is 2. The lowest BCUT2D eigenvalue weighted by atomic mass is 9.90. The summed E-state index contributed by atoms with van der Waals surface area (Å²) in [7, 11) is 1.94. The summed E-state index contributed by atoms with van der Waals surface area (Å²) < 4.78 is 1.86. The monoisotopic (exact) mass is 289 g/mol. The highest BCUT2D eigenvalue weighted by molar-refractivity contribution is 6.31. The van der Waals surface area contributed by atoms with Gasteiger partial charge in [0.1, 0.15) is 0 Å². The number of hydrogen-bond donors (Lipinski definition) is 1. The van der Waals surface area contributed by atoms with Crippen LogP contribution in [0.2, 0.25) is 5.02 Å². The average Bonchev–Trinajstić information content (AvgIpc) is 2.70. The fraction of sp³-hybridized carbons (Fsp3) is 0.438. The van der Waals surface area contributed by atoms with E-state index in [1.807, 2.05) is 18.7 Å². The lowest BCUT2D eigenvalue weighted by molar-refractivity contribution is 0.684. The molecule has 1 aliphatic carbocycles. The molecule has 0 fully saturated rings. The Morgan fingerprint density at radius 1 is 1.30 bits per heavy atom. The summed E-state index contributed by atoms with van der Waals surface area (Å²) in [5.74, 6) is 0. The summed E-state index contributed by atoms with van der Waals surface area (Å²) in [6, 6.07) is 6.56. The Kier molecular flexibility index (Phi) is 3.70. The zero-order valence-electron chi connectivity index (χ0n) is 12.0. The Morgan fingerprint density at radius 2 is 2.10 bits per heavy atom. The van der Waals surface area contributed by atoms with Gasteiger partial charge in [0.05, 0.1) is 23.0 Å². The first-order valence-electron chi connectivity index (χ1n) is 7.19. The second-order valence-electron chi connectivity index (χ2n) is 5.47. The van der Waals surface area contributed by atoms with Crippen molar-refractivity contribution in [3.8, 4) is 0 Å². The van der Waals surface area contributed by atoms with Crippen LogP contribution in [-0.4, -0.2) is 9.78 Å². The van der Waals surface area contributed by atoms with Gasteiger partial charge in [-0.05, 0) is 49.8 Å². The van der Waals surface area contributed by atoms with E-state index in [0.29, 0.717) is 6.54 Å². The minimum absolute atomic E-state index is 0.715. The molecule has 1 heterocycles. The molecule has 0 spiro atoms. The van der Waals surface area contributed by atoms with E-state index in [0.717, 1.165) is 16.4 Å². The molecule has 0 saturated carbocycles. The smallest absolute Gasteiger partial charge is 0.0865 e. The third-order valence-electron chi connectivity index (χ3n) is 4.10. The second kappa shape index (κ2) is 5.49. The standard InChI is InChI=1S/C16H20ClN3/c1-11-16(17)15(20(2)19-11)10-18-14-9-5-7-12-6-3-4-8-13(12)14/h5,7,9,18H,3-4,6,8,10H2,1-2H3. The molecule has 0 atom stereocenters. The Balaban J connectivity index is 1.82. The molecular formula is C16H20ClN3. The number of fused-ring (bicyclic) bond motifs is 1. The Labute approximate surface area is 124 Å². The van der Waals surface area contributed by atoms with Gasteiger partial charge in [0.15, 0.2) is 0 Å². The number of halogens is 1. The molecule has 0 radical (unpaired) electrons. The first kappa shape index (κ1) is 13.5. The van der Waals surface area contributed by atoms with Crippen LogP contribution < -0.4 is 5.32 Å². The van der Waals surface area contributed by atoms with Crippen LogP contribution in [0.4, 0.5) is 5.69 Å². The predicted molar refractivity (Wildman–Crippen MR) is 83.4 cm³/mol. The summed E-state index contributed by atoms with van der Waals surface area (Å²) >= 11 is 6.30. The molecule has 1 aromatic carbocycles. The molecule has 4 heteroatoms. The van der Waals surface area contributed by atoms with Crippen molar-refractivity contribution in [2.75, 3.05) is 5.32 Å². The summed E-state index contributed by atoms with van der Waals surface area (Å²) in [5.41, 5.74) is 6.15. The van der Waals surface area contributed by atoms with Crippen LogP contribution in [0.5, 0.6) is 0 Å². The molecule has 0 bridgehead atoms. The number of aromatic nitrogens is 2. The van der Waals surface area contributed by atoms with E-state index in [4.69, 9.17) is 11.6 Å². The van der Waals surface area contributed by atoms with Crippen molar-refractivity contribution in [3.05, 3.63) is 45.7 Å². The summed E-state index contributed by atoms with van der Waals surface area (Å²) in [6.07, 6.45) is 4.98. The summed E-state index contributed by atoms with van der Waals surface area (Å²) in [4.78, 5) is 0. The highest BCUT2D eigenvalue weighted by Gasteiger charge is 2.14. The third-order valence-corrected chi connectivity index (χ3v) is 4.60. The molecule has 2 aromatic rings. The Morgan fingerprint density at radius 3 is 2.85 bits per heavy atom. The number of aryl methyl sites for hydroxylation is 3. The van der Waals surface area contributed by atoms with Gasteiger partial charge in [-0.25, -0.2) is 0 Å². The van der Waals surface area contributed by atoms with Gasteiger partial charge in [0.2, 0.25) is 0 Å². The Bertz CT molecular complexity index is 631. The first-order chi connectivity index (χ1) is 9.66. The van der Waals surface area contributed by atoms with E-state index < -0.39 is 0 Å². The molecule has 0 saturated heterocycles. The molecule has 0 aliphatic heterocycles. The zero-order valence-corrected chi connectivity index (χ0v) is 12.8. The van der Waals surface area contributed by atoms with Gasteiger partial charge >= 0.3 is 0 Å². The average molecular weight is 290 g/mol. The number of anilines is 1. The van der Waals surface area contributed by atoms with Crippen LogP contribution in [0.15, 0.2) is 18.2 Å².